The molecule has 1 aromatic heterocycles. The summed E-state index contributed by atoms with van der Waals surface area (Å²) in [5, 5.41) is 0. The van der Waals surface area contributed by atoms with Gasteiger partial charge < -0.3 is 0 Å². The number of nitrogens with two attached hydrogens (primary N) is 1. The minimum atomic E-state index is 0.370. The first-order valence-corrected chi connectivity index (χ1v) is 8.14. The van der Waals surface area contributed by atoms with Crippen LogP contribution in [0.2, 0.25) is 0 Å². The van der Waals surface area contributed by atoms with E-state index >= 15 is 0 Å². The zero-order valence-electron chi connectivity index (χ0n) is 11.4. The van der Waals surface area contributed by atoms with Crippen LogP contribution in [0, 0.1) is 5.92 Å². The smallest absolute Gasteiger partial charge is 0.0410 e. The minimum absolute atomic E-state index is 0.370. The number of hydrazine groups is 1. The van der Waals surface area contributed by atoms with E-state index < -0.39 is 0 Å². The molecule has 4 heteroatoms. The van der Waals surface area contributed by atoms with E-state index in [2.05, 4.69) is 32.4 Å². The summed E-state index contributed by atoms with van der Waals surface area (Å²) < 4.78 is 1.04. The maximum atomic E-state index is 5.80. The molecule has 106 valence electrons. The molecule has 1 aromatic rings. The summed E-state index contributed by atoms with van der Waals surface area (Å²) in [5.74, 6) is 6.50. The van der Waals surface area contributed by atoms with Crippen LogP contribution in [0.4, 0.5) is 0 Å². The summed E-state index contributed by atoms with van der Waals surface area (Å²) in [5.41, 5.74) is 4.29. The van der Waals surface area contributed by atoms with Gasteiger partial charge in [0.05, 0.1) is 0 Å². The van der Waals surface area contributed by atoms with E-state index in [1.54, 1.807) is 0 Å². The number of halogens is 1. The highest BCUT2D eigenvalue weighted by Gasteiger charge is 2.21. The van der Waals surface area contributed by atoms with E-state index in [1.165, 1.54) is 50.5 Å². The Bertz CT molecular complexity index is 375. The fourth-order valence-corrected chi connectivity index (χ4v) is 3.49. The summed E-state index contributed by atoms with van der Waals surface area (Å²) in [6.07, 6.45) is 14.2. The SMILES string of the molecule is NNC(Cc1cncc(Br)c1)C1CCCCCCC1. The fraction of sp³-hybridized carbons (Fsp3) is 0.667. The molecular weight excluding hydrogens is 302 g/mol. The molecule has 0 radical (unpaired) electrons. The van der Waals surface area contributed by atoms with Gasteiger partial charge in [0.1, 0.15) is 0 Å². The lowest BCUT2D eigenvalue weighted by atomic mass is 9.84. The predicted molar refractivity (Wildman–Crippen MR) is 82.6 cm³/mol. The molecule has 3 N–H and O–H groups in total. The Labute approximate surface area is 124 Å². The third-order valence-electron chi connectivity index (χ3n) is 4.15. The number of pyridine rings is 1. The highest BCUT2D eigenvalue weighted by molar-refractivity contribution is 9.10. The first kappa shape index (κ1) is 14.9. The van der Waals surface area contributed by atoms with E-state index in [-0.39, 0.29) is 0 Å². The van der Waals surface area contributed by atoms with Crippen LogP contribution in [0.1, 0.15) is 50.5 Å². The van der Waals surface area contributed by atoms with Crippen LogP contribution in [0.15, 0.2) is 22.9 Å². The van der Waals surface area contributed by atoms with Crippen molar-refractivity contribution in [1.29, 1.82) is 0 Å². The second-order valence-electron chi connectivity index (χ2n) is 5.59. The zero-order valence-corrected chi connectivity index (χ0v) is 13.0. The third kappa shape index (κ3) is 4.86. The average molecular weight is 326 g/mol. The van der Waals surface area contributed by atoms with Gasteiger partial charge in [0.25, 0.3) is 0 Å². The van der Waals surface area contributed by atoms with Gasteiger partial charge in [-0.1, -0.05) is 32.1 Å². The van der Waals surface area contributed by atoms with E-state index in [0.717, 1.165) is 10.9 Å². The first-order valence-electron chi connectivity index (χ1n) is 7.35. The van der Waals surface area contributed by atoms with Crippen molar-refractivity contribution in [1.82, 2.24) is 10.4 Å². The largest absolute Gasteiger partial charge is 0.271 e. The molecule has 1 saturated carbocycles. The van der Waals surface area contributed by atoms with Gasteiger partial charge in [-0.2, -0.15) is 0 Å². The maximum absolute atomic E-state index is 5.80. The first-order chi connectivity index (χ1) is 9.29. The van der Waals surface area contributed by atoms with Crippen LogP contribution in [0.3, 0.4) is 0 Å². The van der Waals surface area contributed by atoms with Gasteiger partial charge >= 0.3 is 0 Å². The van der Waals surface area contributed by atoms with Crippen LogP contribution in [0.5, 0.6) is 0 Å². The van der Waals surface area contributed by atoms with Gasteiger partial charge in [-0.25, -0.2) is 0 Å². The van der Waals surface area contributed by atoms with Crippen LogP contribution in [0.25, 0.3) is 0 Å². The summed E-state index contributed by atoms with van der Waals surface area (Å²) in [4.78, 5) is 4.23. The van der Waals surface area contributed by atoms with Crippen LogP contribution < -0.4 is 11.3 Å². The number of aromatic nitrogens is 1. The zero-order chi connectivity index (χ0) is 13.5. The Morgan fingerprint density at radius 3 is 2.53 bits per heavy atom. The monoisotopic (exact) mass is 325 g/mol. The van der Waals surface area contributed by atoms with Gasteiger partial charge in [0.15, 0.2) is 0 Å². The summed E-state index contributed by atoms with van der Waals surface area (Å²) in [6.45, 7) is 0. The Morgan fingerprint density at radius 2 is 1.89 bits per heavy atom. The lowest BCUT2D eigenvalue weighted by Crippen LogP contribution is -2.42. The van der Waals surface area contributed by atoms with Crippen LogP contribution in [-0.2, 0) is 6.42 Å². The third-order valence-corrected chi connectivity index (χ3v) is 4.58. The summed E-state index contributed by atoms with van der Waals surface area (Å²) in [6, 6.07) is 2.51. The van der Waals surface area contributed by atoms with Crippen molar-refractivity contribution in [2.45, 2.75) is 57.4 Å². The molecule has 1 fully saturated rings. The van der Waals surface area contributed by atoms with Crippen molar-refractivity contribution in [3.8, 4) is 0 Å². The van der Waals surface area contributed by atoms with E-state index in [4.69, 9.17) is 5.84 Å². The van der Waals surface area contributed by atoms with Crippen LogP contribution in [-0.4, -0.2) is 11.0 Å². The number of nitrogens with zero attached hydrogens (tertiary/aromatic N) is 1. The second kappa shape index (κ2) is 7.98. The Balaban J connectivity index is 1.97. The summed E-state index contributed by atoms with van der Waals surface area (Å²) in [7, 11) is 0. The predicted octanol–water partition coefficient (Wildman–Crippen LogP) is 3.58. The molecule has 1 heterocycles. The molecule has 0 saturated heterocycles. The average Bonchev–Trinajstić information content (AvgIpc) is 2.36. The number of rotatable bonds is 4. The minimum Gasteiger partial charge on any atom is -0.271 e. The maximum Gasteiger partial charge on any atom is 0.0410 e. The molecule has 0 spiro atoms. The fourth-order valence-electron chi connectivity index (χ4n) is 3.07. The van der Waals surface area contributed by atoms with Crippen molar-refractivity contribution >= 4 is 15.9 Å². The van der Waals surface area contributed by atoms with Gasteiger partial charge in [0.2, 0.25) is 0 Å². The molecule has 1 unspecified atom stereocenters. The second-order valence-corrected chi connectivity index (χ2v) is 6.51. The molecule has 2 rings (SSSR count). The van der Waals surface area contributed by atoms with E-state index in [9.17, 15) is 0 Å². The van der Waals surface area contributed by atoms with Crippen molar-refractivity contribution in [2.24, 2.45) is 11.8 Å². The van der Waals surface area contributed by atoms with Crippen molar-refractivity contribution < 1.29 is 0 Å². The van der Waals surface area contributed by atoms with Gasteiger partial charge in [-0.05, 0) is 52.7 Å². The molecule has 0 aliphatic heterocycles. The van der Waals surface area contributed by atoms with Gasteiger partial charge in [-0.15, -0.1) is 0 Å². The molecule has 19 heavy (non-hydrogen) atoms. The van der Waals surface area contributed by atoms with Gasteiger partial charge in [0, 0.05) is 22.9 Å². The summed E-state index contributed by atoms with van der Waals surface area (Å²) >= 11 is 3.48. The quantitative estimate of drug-likeness (QED) is 0.657. The van der Waals surface area contributed by atoms with Crippen molar-refractivity contribution in [3.63, 3.8) is 0 Å². The standard InChI is InChI=1S/C15H24BrN3/c16-14-8-12(10-18-11-14)9-15(19-17)13-6-4-2-1-3-5-7-13/h8,10-11,13,15,19H,1-7,9,17H2. The molecule has 0 aromatic carbocycles. The number of hydrogen-bond donors (Lipinski definition) is 2. The number of nitrogens with one attached hydrogen (secondary N) is 1. The Hall–Kier alpha value is -0.450. The highest BCUT2D eigenvalue weighted by atomic mass is 79.9. The highest BCUT2D eigenvalue weighted by Crippen LogP contribution is 2.26. The van der Waals surface area contributed by atoms with Crippen molar-refractivity contribution in [2.75, 3.05) is 0 Å². The molecule has 1 aliphatic rings. The Morgan fingerprint density at radius 1 is 1.21 bits per heavy atom. The molecule has 0 bridgehead atoms. The molecule has 1 atom stereocenters. The van der Waals surface area contributed by atoms with Gasteiger partial charge in [-0.3, -0.25) is 16.3 Å². The topological polar surface area (TPSA) is 50.9 Å². The normalized spacial score (nSPS) is 19.7. The van der Waals surface area contributed by atoms with Crippen molar-refractivity contribution in [3.05, 3.63) is 28.5 Å². The van der Waals surface area contributed by atoms with E-state index in [1.807, 2.05) is 12.4 Å². The van der Waals surface area contributed by atoms with Crippen LogP contribution >= 0.6 is 15.9 Å². The molecule has 0 amide bonds. The molecule has 1 aliphatic carbocycles. The molecule has 3 nitrogen and oxygen atoms in total. The lowest BCUT2D eigenvalue weighted by molar-refractivity contribution is 0.285. The number of hydrogen-bond acceptors (Lipinski definition) is 3. The Kier molecular flexibility index (Phi) is 6.28. The molecular formula is C15H24BrN3. The van der Waals surface area contributed by atoms with E-state index in [0.29, 0.717) is 12.0 Å². The lowest BCUT2D eigenvalue weighted by Gasteiger charge is -2.28.